The standard InChI is InChI=1S/C17H26N6O2S/c24-26(25,21-9-2-1-3-10-21)22-11-5-8-20(12-13-22)14-16-6-4-7-17-18-15-19-23(16)17/h4,6-7,15H,1-3,5,8-14H2. The Morgan fingerprint density at radius 3 is 2.50 bits per heavy atom. The molecule has 0 bridgehead atoms. The van der Waals surface area contributed by atoms with E-state index in [0.29, 0.717) is 26.2 Å². The van der Waals surface area contributed by atoms with E-state index in [0.717, 1.165) is 56.7 Å². The number of hydrogen-bond acceptors (Lipinski definition) is 5. The van der Waals surface area contributed by atoms with Crippen LogP contribution in [-0.4, -0.2) is 75.8 Å². The Bertz CT molecular complexity index is 846. The molecular weight excluding hydrogens is 352 g/mol. The van der Waals surface area contributed by atoms with E-state index in [1.165, 1.54) is 0 Å². The van der Waals surface area contributed by atoms with E-state index in [4.69, 9.17) is 0 Å². The fourth-order valence-corrected chi connectivity index (χ4v) is 5.56. The fourth-order valence-electron chi connectivity index (χ4n) is 3.84. The summed E-state index contributed by atoms with van der Waals surface area (Å²) < 4.78 is 31.0. The molecule has 2 aromatic rings. The van der Waals surface area contributed by atoms with Crippen LogP contribution < -0.4 is 0 Å². The first-order valence-corrected chi connectivity index (χ1v) is 10.8. The summed E-state index contributed by atoms with van der Waals surface area (Å²) in [5.74, 6) is 0. The third kappa shape index (κ3) is 3.62. The molecule has 0 spiro atoms. The van der Waals surface area contributed by atoms with Crippen LogP contribution in [0, 0.1) is 0 Å². The molecular formula is C17H26N6O2S. The van der Waals surface area contributed by atoms with E-state index in [1.807, 2.05) is 16.6 Å². The van der Waals surface area contributed by atoms with Crippen LogP contribution in [0.25, 0.3) is 5.65 Å². The molecule has 0 aliphatic carbocycles. The summed E-state index contributed by atoms with van der Waals surface area (Å²) in [5.41, 5.74) is 1.92. The molecule has 0 N–H and O–H groups in total. The quantitative estimate of drug-likeness (QED) is 0.793. The zero-order valence-corrected chi connectivity index (χ0v) is 15.8. The van der Waals surface area contributed by atoms with Gasteiger partial charge in [0.1, 0.15) is 6.33 Å². The molecule has 0 atom stereocenters. The topological polar surface area (TPSA) is 74.1 Å². The number of hydrogen-bond donors (Lipinski definition) is 0. The lowest BCUT2D eigenvalue weighted by molar-refractivity contribution is 0.268. The Morgan fingerprint density at radius 1 is 0.885 bits per heavy atom. The van der Waals surface area contributed by atoms with Gasteiger partial charge in [0.2, 0.25) is 0 Å². The molecule has 0 unspecified atom stereocenters. The first-order valence-electron chi connectivity index (χ1n) is 9.40. The fraction of sp³-hybridized carbons (Fsp3) is 0.647. The second kappa shape index (κ2) is 7.59. The smallest absolute Gasteiger partial charge is 0.282 e. The summed E-state index contributed by atoms with van der Waals surface area (Å²) in [5, 5.41) is 4.29. The van der Waals surface area contributed by atoms with Gasteiger partial charge in [0.05, 0.1) is 5.69 Å². The van der Waals surface area contributed by atoms with Gasteiger partial charge in [-0.05, 0) is 37.9 Å². The minimum absolute atomic E-state index is 0.548. The molecule has 9 heteroatoms. The third-order valence-electron chi connectivity index (χ3n) is 5.28. The van der Waals surface area contributed by atoms with E-state index >= 15 is 0 Å². The maximum atomic E-state index is 12.9. The Balaban J connectivity index is 1.42. The molecule has 0 aromatic carbocycles. The Hall–Kier alpha value is -1.55. The van der Waals surface area contributed by atoms with Crippen LogP contribution in [0.4, 0.5) is 0 Å². The number of fused-ring (bicyclic) bond motifs is 1. The van der Waals surface area contributed by atoms with Crippen LogP contribution in [0.5, 0.6) is 0 Å². The van der Waals surface area contributed by atoms with E-state index in [1.54, 1.807) is 14.9 Å². The van der Waals surface area contributed by atoms with Gasteiger partial charge in [-0.3, -0.25) is 4.90 Å². The van der Waals surface area contributed by atoms with Gasteiger partial charge in [-0.15, -0.1) is 0 Å². The molecule has 142 valence electrons. The van der Waals surface area contributed by atoms with Crippen molar-refractivity contribution in [1.29, 1.82) is 0 Å². The van der Waals surface area contributed by atoms with Crippen molar-refractivity contribution in [3.05, 3.63) is 30.2 Å². The van der Waals surface area contributed by atoms with Crippen LogP contribution in [0.3, 0.4) is 0 Å². The number of rotatable bonds is 4. The first kappa shape index (κ1) is 17.8. The van der Waals surface area contributed by atoms with Crippen LogP contribution >= 0.6 is 0 Å². The number of piperidine rings is 1. The van der Waals surface area contributed by atoms with Gasteiger partial charge < -0.3 is 0 Å². The average Bonchev–Trinajstić information content (AvgIpc) is 3.02. The molecule has 2 saturated heterocycles. The monoisotopic (exact) mass is 378 g/mol. The van der Waals surface area contributed by atoms with Gasteiger partial charge in [-0.25, -0.2) is 9.50 Å². The summed E-state index contributed by atoms with van der Waals surface area (Å²) in [7, 11) is -3.32. The highest BCUT2D eigenvalue weighted by Crippen LogP contribution is 2.19. The lowest BCUT2D eigenvalue weighted by Crippen LogP contribution is -2.47. The van der Waals surface area contributed by atoms with Crippen molar-refractivity contribution in [1.82, 2.24) is 28.1 Å². The lowest BCUT2D eigenvalue weighted by atomic mass is 10.2. The molecule has 2 aromatic heterocycles. The second-order valence-electron chi connectivity index (χ2n) is 7.04. The molecule has 2 fully saturated rings. The van der Waals surface area contributed by atoms with Crippen molar-refractivity contribution in [3.63, 3.8) is 0 Å². The van der Waals surface area contributed by atoms with Crippen molar-refractivity contribution in [2.75, 3.05) is 39.3 Å². The Morgan fingerprint density at radius 2 is 1.65 bits per heavy atom. The van der Waals surface area contributed by atoms with Crippen molar-refractivity contribution >= 4 is 15.9 Å². The van der Waals surface area contributed by atoms with Crippen molar-refractivity contribution in [3.8, 4) is 0 Å². The number of pyridine rings is 1. The van der Waals surface area contributed by atoms with E-state index in [2.05, 4.69) is 21.0 Å². The van der Waals surface area contributed by atoms with E-state index < -0.39 is 10.2 Å². The normalized spacial score (nSPS) is 21.8. The van der Waals surface area contributed by atoms with Gasteiger partial charge in [0, 0.05) is 39.3 Å². The third-order valence-corrected chi connectivity index (χ3v) is 7.32. The highest BCUT2D eigenvalue weighted by atomic mass is 32.2. The van der Waals surface area contributed by atoms with Gasteiger partial charge in [-0.1, -0.05) is 12.5 Å². The molecule has 0 radical (unpaired) electrons. The highest BCUT2D eigenvalue weighted by molar-refractivity contribution is 7.86. The van der Waals surface area contributed by atoms with E-state index in [-0.39, 0.29) is 0 Å². The zero-order valence-electron chi connectivity index (χ0n) is 15.0. The maximum absolute atomic E-state index is 12.9. The molecule has 8 nitrogen and oxygen atoms in total. The molecule has 4 rings (SSSR count). The summed E-state index contributed by atoms with van der Waals surface area (Å²) in [6, 6.07) is 5.98. The van der Waals surface area contributed by atoms with Gasteiger partial charge in [0.25, 0.3) is 10.2 Å². The van der Waals surface area contributed by atoms with E-state index in [9.17, 15) is 8.42 Å². The van der Waals surface area contributed by atoms with Gasteiger partial charge in [0.15, 0.2) is 5.65 Å². The lowest BCUT2D eigenvalue weighted by Gasteiger charge is -2.31. The number of aromatic nitrogens is 3. The summed E-state index contributed by atoms with van der Waals surface area (Å²) in [6.45, 7) is 4.84. The average molecular weight is 379 g/mol. The molecule has 0 saturated carbocycles. The largest absolute Gasteiger partial charge is 0.296 e. The Labute approximate surface area is 154 Å². The molecule has 2 aliphatic heterocycles. The van der Waals surface area contributed by atoms with Crippen LogP contribution in [-0.2, 0) is 16.8 Å². The maximum Gasteiger partial charge on any atom is 0.282 e. The van der Waals surface area contributed by atoms with Crippen LogP contribution in [0.1, 0.15) is 31.4 Å². The summed E-state index contributed by atoms with van der Waals surface area (Å²) >= 11 is 0. The van der Waals surface area contributed by atoms with Gasteiger partial charge in [-0.2, -0.15) is 22.1 Å². The molecule has 4 heterocycles. The predicted octanol–water partition coefficient (Wildman–Crippen LogP) is 0.968. The highest BCUT2D eigenvalue weighted by Gasteiger charge is 2.31. The first-order chi connectivity index (χ1) is 12.6. The van der Waals surface area contributed by atoms with Crippen LogP contribution in [0.15, 0.2) is 24.5 Å². The van der Waals surface area contributed by atoms with Crippen molar-refractivity contribution < 1.29 is 8.42 Å². The zero-order chi connectivity index (χ0) is 18.0. The molecule has 26 heavy (non-hydrogen) atoms. The molecule has 0 amide bonds. The van der Waals surface area contributed by atoms with Crippen molar-refractivity contribution in [2.24, 2.45) is 0 Å². The minimum Gasteiger partial charge on any atom is -0.296 e. The van der Waals surface area contributed by atoms with Gasteiger partial charge >= 0.3 is 0 Å². The molecule has 2 aliphatic rings. The minimum atomic E-state index is -3.32. The predicted molar refractivity (Wildman–Crippen MR) is 98.8 cm³/mol. The van der Waals surface area contributed by atoms with Crippen molar-refractivity contribution in [2.45, 2.75) is 32.2 Å². The number of nitrogens with zero attached hydrogens (tertiary/aromatic N) is 6. The summed E-state index contributed by atoms with van der Waals surface area (Å²) in [4.78, 5) is 6.54. The summed E-state index contributed by atoms with van der Waals surface area (Å²) in [6.07, 6.45) is 5.49. The Kier molecular flexibility index (Phi) is 5.21. The second-order valence-corrected chi connectivity index (χ2v) is 8.97. The SMILES string of the molecule is O=S(=O)(N1CCCCC1)N1CCCN(Cc2cccc3ncnn23)CC1. The van der Waals surface area contributed by atoms with Crippen LogP contribution in [0.2, 0.25) is 0 Å².